The molecule has 1 saturated heterocycles. The Balaban J connectivity index is 1.80. The molecule has 1 N–H and O–H groups in total. The van der Waals surface area contributed by atoms with Crippen molar-refractivity contribution in [1.29, 1.82) is 0 Å². The third-order valence-corrected chi connectivity index (χ3v) is 3.70. The van der Waals surface area contributed by atoms with Gasteiger partial charge in [0.25, 0.3) is 0 Å². The summed E-state index contributed by atoms with van der Waals surface area (Å²) in [7, 11) is 1.59. The topological polar surface area (TPSA) is 49.2 Å². The minimum absolute atomic E-state index is 0.0239. The number of Topliss-reactive ketones (excluding diaryl/α,β-unsaturated/α-hetero) is 1. The number of ketones is 1. The molecular formula is C16H24NO4+. The van der Waals surface area contributed by atoms with Crippen LogP contribution in [0.2, 0.25) is 0 Å². The van der Waals surface area contributed by atoms with E-state index in [1.54, 1.807) is 37.1 Å². The van der Waals surface area contributed by atoms with E-state index in [1.165, 1.54) is 0 Å². The third-order valence-electron chi connectivity index (χ3n) is 3.70. The third kappa shape index (κ3) is 4.72. The van der Waals surface area contributed by atoms with Crippen LogP contribution in [0.1, 0.15) is 23.7 Å². The molecule has 1 aromatic rings. The number of methoxy groups -OCH3 is 1. The van der Waals surface area contributed by atoms with Gasteiger partial charge in [-0.3, -0.25) is 4.79 Å². The molecule has 0 saturated carbocycles. The molecule has 116 valence electrons. The predicted octanol–water partition coefficient (Wildman–Crippen LogP) is 0.582. The molecule has 21 heavy (non-hydrogen) atoms. The molecule has 0 aliphatic carbocycles. The van der Waals surface area contributed by atoms with Gasteiger partial charge in [-0.15, -0.1) is 0 Å². The summed E-state index contributed by atoms with van der Waals surface area (Å²) < 4.78 is 16.4. The molecular weight excluding hydrogens is 270 g/mol. The van der Waals surface area contributed by atoms with Crippen LogP contribution < -0.4 is 14.4 Å². The highest BCUT2D eigenvalue weighted by Gasteiger charge is 2.13. The summed E-state index contributed by atoms with van der Waals surface area (Å²) in [6, 6.07) is 5.30. The van der Waals surface area contributed by atoms with Crippen LogP contribution in [0.15, 0.2) is 18.2 Å². The Kier molecular flexibility index (Phi) is 6.02. The van der Waals surface area contributed by atoms with Gasteiger partial charge < -0.3 is 19.1 Å². The van der Waals surface area contributed by atoms with Gasteiger partial charge >= 0.3 is 0 Å². The highest BCUT2D eigenvalue weighted by atomic mass is 16.5. The summed E-state index contributed by atoms with van der Waals surface area (Å²) in [5.41, 5.74) is 0.636. The van der Waals surface area contributed by atoms with Gasteiger partial charge in [-0.1, -0.05) is 0 Å². The van der Waals surface area contributed by atoms with E-state index in [0.29, 0.717) is 23.7 Å². The number of quaternary nitrogens is 1. The van der Waals surface area contributed by atoms with Crippen molar-refractivity contribution in [3.05, 3.63) is 23.8 Å². The Morgan fingerprint density at radius 1 is 1.29 bits per heavy atom. The molecule has 5 nitrogen and oxygen atoms in total. The van der Waals surface area contributed by atoms with Crippen molar-refractivity contribution in [3.63, 3.8) is 0 Å². The SMILES string of the molecule is COc1cc(C(C)=O)ccc1OCCC[NH+]1CCOCC1. The zero-order valence-electron chi connectivity index (χ0n) is 12.8. The van der Waals surface area contributed by atoms with Crippen LogP contribution in [0.25, 0.3) is 0 Å². The molecule has 1 aliphatic heterocycles. The summed E-state index contributed by atoms with van der Waals surface area (Å²) in [4.78, 5) is 12.9. The quantitative estimate of drug-likeness (QED) is 0.590. The first-order chi connectivity index (χ1) is 10.2. The van der Waals surface area contributed by atoms with Gasteiger partial charge in [0.05, 0.1) is 33.5 Å². The normalized spacial score (nSPS) is 15.7. The summed E-state index contributed by atoms with van der Waals surface area (Å²) in [6.07, 6.45) is 0.993. The number of nitrogens with one attached hydrogen (secondary N) is 1. The Labute approximate surface area is 125 Å². The average molecular weight is 294 g/mol. The van der Waals surface area contributed by atoms with E-state index in [1.807, 2.05) is 0 Å². The first-order valence-electron chi connectivity index (χ1n) is 7.44. The lowest BCUT2D eigenvalue weighted by Gasteiger charge is -2.23. The number of carbonyl (C=O) groups is 1. The highest BCUT2D eigenvalue weighted by Crippen LogP contribution is 2.28. The Morgan fingerprint density at radius 2 is 2.05 bits per heavy atom. The number of hydrogen-bond acceptors (Lipinski definition) is 4. The molecule has 1 heterocycles. The fourth-order valence-electron chi connectivity index (χ4n) is 2.42. The molecule has 5 heteroatoms. The summed E-state index contributed by atoms with van der Waals surface area (Å²) in [5, 5.41) is 0. The molecule has 1 fully saturated rings. The molecule has 0 aromatic heterocycles. The number of morpholine rings is 1. The number of rotatable bonds is 7. The lowest BCUT2D eigenvalue weighted by molar-refractivity contribution is -0.908. The second-order valence-corrected chi connectivity index (χ2v) is 5.24. The van der Waals surface area contributed by atoms with E-state index in [2.05, 4.69) is 0 Å². The van der Waals surface area contributed by atoms with Crippen LogP contribution in [-0.4, -0.2) is 52.3 Å². The van der Waals surface area contributed by atoms with Crippen LogP contribution >= 0.6 is 0 Å². The van der Waals surface area contributed by atoms with Gasteiger partial charge in [0.2, 0.25) is 0 Å². The Morgan fingerprint density at radius 3 is 2.71 bits per heavy atom. The number of carbonyl (C=O) groups excluding carboxylic acids is 1. The lowest BCUT2D eigenvalue weighted by atomic mass is 10.1. The van der Waals surface area contributed by atoms with Crippen molar-refractivity contribution >= 4 is 5.78 Å². The van der Waals surface area contributed by atoms with Gasteiger partial charge in [-0.2, -0.15) is 0 Å². The largest absolute Gasteiger partial charge is 0.493 e. The zero-order valence-corrected chi connectivity index (χ0v) is 12.8. The van der Waals surface area contributed by atoms with Crippen LogP contribution in [0.3, 0.4) is 0 Å². The molecule has 0 radical (unpaired) electrons. The van der Waals surface area contributed by atoms with Crippen molar-refractivity contribution < 1.29 is 23.9 Å². The Hall–Kier alpha value is -1.59. The van der Waals surface area contributed by atoms with E-state index in [0.717, 1.165) is 39.3 Å². The standard InChI is InChI=1S/C16H23NO4/c1-13(18)14-4-5-15(16(12-14)19-2)21-9-3-6-17-7-10-20-11-8-17/h4-5,12H,3,6-11H2,1-2H3/p+1. The molecule has 0 amide bonds. The molecule has 2 rings (SSSR count). The van der Waals surface area contributed by atoms with Crippen molar-refractivity contribution in [2.24, 2.45) is 0 Å². The second kappa shape index (κ2) is 8.00. The van der Waals surface area contributed by atoms with Gasteiger partial charge in [0.15, 0.2) is 17.3 Å². The van der Waals surface area contributed by atoms with Crippen molar-refractivity contribution in [2.45, 2.75) is 13.3 Å². The molecule has 0 bridgehead atoms. The number of benzene rings is 1. The van der Waals surface area contributed by atoms with Gasteiger partial charge in [-0.25, -0.2) is 0 Å². The summed E-state index contributed by atoms with van der Waals surface area (Å²) >= 11 is 0. The molecule has 0 spiro atoms. The predicted molar refractivity (Wildman–Crippen MR) is 79.5 cm³/mol. The monoisotopic (exact) mass is 294 g/mol. The van der Waals surface area contributed by atoms with E-state index >= 15 is 0 Å². The smallest absolute Gasteiger partial charge is 0.161 e. The molecule has 0 atom stereocenters. The second-order valence-electron chi connectivity index (χ2n) is 5.24. The Bertz CT molecular complexity index is 469. The van der Waals surface area contributed by atoms with Gasteiger partial charge in [-0.05, 0) is 25.1 Å². The molecule has 1 aliphatic rings. The van der Waals surface area contributed by atoms with Crippen molar-refractivity contribution in [2.75, 3.05) is 46.6 Å². The lowest BCUT2D eigenvalue weighted by Crippen LogP contribution is -3.14. The van der Waals surface area contributed by atoms with Crippen LogP contribution in [0.5, 0.6) is 11.5 Å². The van der Waals surface area contributed by atoms with Gasteiger partial charge in [0, 0.05) is 12.0 Å². The fourth-order valence-corrected chi connectivity index (χ4v) is 2.42. The summed E-state index contributed by atoms with van der Waals surface area (Å²) in [6.45, 7) is 7.16. The van der Waals surface area contributed by atoms with E-state index < -0.39 is 0 Å². The number of hydrogen-bond donors (Lipinski definition) is 1. The minimum Gasteiger partial charge on any atom is -0.493 e. The van der Waals surface area contributed by atoms with Crippen molar-refractivity contribution in [1.82, 2.24) is 0 Å². The summed E-state index contributed by atoms with van der Waals surface area (Å²) in [5.74, 6) is 1.33. The van der Waals surface area contributed by atoms with Crippen LogP contribution in [-0.2, 0) is 4.74 Å². The van der Waals surface area contributed by atoms with E-state index in [-0.39, 0.29) is 5.78 Å². The number of ether oxygens (including phenoxy) is 3. The molecule has 0 unspecified atom stereocenters. The van der Waals surface area contributed by atoms with E-state index in [4.69, 9.17) is 14.2 Å². The maximum absolute atomic E-state index is 11.4. The van der Waals surface area contributed by atoms with E-state index in [9.17, 15) is 4.79 Å². The zero-order chi connectivity index (χ0) is 15.1. The maximum Gasteiger partial charge on any atom is 0.161 e. The van der Waals surface area contributed by atoms with Crippen molar-refractivity contribution in [3.8, 4) is 11.5 Å². The highest BCUT2D eigenvalue weighted by molar-refractivity contribution is 5.94. The first kappa shape index (κ1) is 15.8. The first-order valence-corrected chi connectivity index (χ1v) is 7.44. The van der Waals surface area contributed by atoms with Crippen LogP contribution in [0, 0.1) is 0 Å². The average Bonchev–Trinajstić information content (AvgIpc) is 2.52. The fraction of sp³-hybridized carbons (Fsp3) is 0.562. The maximum atomic E-state index is 11.4. The van der Waals surface area contributed by atoms with Gasteiger partial charge in [0.1, 0.15) is 13.1 Å². The molecule has 1 aromatic carbocycles. The van der Waals surface area contributed by atoms with Crippen LogP contribution in [0.4, 0.5) is 0 Å². The minimum atomic E-state index is 0.0239.